The van der Waals surface area contributed by atoms with Gasteiger partial charge in [0.15, 0.2) is 0 Å². The molecule has 16 heavy (non-hydrogen) atoms. The van der Waals surface area contributed by atoms with Gasteiger partial charge >= 0.3 is 5.97 Å². The summed E-state index contributed by atoms with van der Waals surface area (Å²) in [5.41, 5.74) is 0.873. The number of carbonyl (C=O) groups is 1. The van der Waals surface area contributed by atoms with Crippen LogP contribution < -0.4 is 4.74 Å². The summed E-state index contributed by atoms with van der Waals surface area (Å²) < 4.78 is 9.78. The number of carbonyl (C=O) groups excluding carboxylic acids is 1. The fourth-order valence-corrected chi connectivity index (χ4v) is 1.58. The van der Waals surface area contributed by atoms with E-state index in [1.807, 2.05) is 38.1 Å². The maximum atomic E-state index is 11.3. The van der Waals surface area contributed by atoms with Crippen LogP contribution >= 0.6 is 0 Å². The van der Waals surface area contributed by atoms with Crippen molar-refractivity contribution in [3.8, 4) is 5.75 Å². The van der Waals surface area contributed by atoms with Gasteiger partial charge in [-0.15, -0.1) is 0 Å². The fraction of sp³-hybridized carbons (Fsp3) is 0.462. The van der Waals surface area contributed by atoms with Crippen molar-refractivity contribution < 1.29 is 14.3 Å². The van der Waals surface area contributed by atoms with Crippen molar-refractivity contribution in [2.75, 3.05) is 14.2 Å². The maximum absolute atomic E-state index is 11.3. The molecule has 0 aromatic heterocycles. The smallest absolute Gasteiger partial charge is 0.306 e. The van der Waals surface area contributed by atoms with Gasteiger partial charge in [0.2, 0.25) is 0 Å². The molecule has 0 aliphatic rings. The molecule has 0 atom stereocenters. The largest absolute Gasteiger partial charge is 0.497 e. The van der Waals surface area contributed by atoms with Gasteiger partial charge in [0.25, 0.3) is 0 Å². The Hall–Kier alpha value is -1.51. The number of methoxy groups -OCH3 is 2. The quantitative estimate of drug-likeness (QED) is 0.734. The third-order valence-electron chi connectivity index (χ3n) is 2.69. The molecule has 0 aliphatic carbocycles. The van der Waals surface area contributed by atoms with Gasteiger partial charge in [0, 0.05) is 5.41 Å². The van der Waals surface area contributed by atoms with Crippen molar-refractivity contribution in [2.24, 2.45) is 0 Å². The van der Waals surface area contributed by atoms with Crippen LogP contribution in [0.2, 0.25) is 0 Å². The van der Waals surface area contributed by atoms with Crippen LogP contribution in [0.5, 0.6) is 5.75 Å². The second kappa shape index (κ2) is 5.01. The van der Waals surface area contributed by atoms with Crippen LogP contribution in [0.3, 0.4) is 0 Å². The molecule has 0 saturated heterocycles. The summed E-state index contributed by atoms with van der Waals surface area (Å²) >= 11 is 0. The highest BCUT2D eigenvalue weighted by Gasteiger charge is 2.24. The zero-order chi connectivity index (χ0) is 12.2. The molecule has 3 nitrogen and oxygen atoms in total. The number of hydrogen-bond acceptors (Lipinski definition) is 3. The number of ether oxygens (including phenoxy) is 2. The minimum absolute atomic E-state index is 0.194. The van der Waals surface area contributed by atoms with E-state index in [-0.39, 0.29) is 11.4 Å². The van der Waals surface area contributed by atoms with Crippen molar-refractivity contribution in [3.05, 3.63) is 29.8 Å². The number of hydrogen-bond donors (Lipinski definition) is 0. The van der Waals surface area contributed by atoms with Gasteiger partial charge in [-0.25, -0.2) is 0 Å². The summed E-state index contributed by atoms with van der Waals surface area (Å²) in [4.78, 5) is 11.3. The lowest BCUT2D eigenvalue weighted by Gasteiger charge is -2.23. The summed E-state index contributed by atoms with van der Waals surface area (Å²) in [7, 11) is 3.04. The Bertz CT molecular complexity index is 352. The lowest BCUT2D eigenvalue weighted by Crippen LogP contribution is -2.22. The predicted octanol–water partition coefficient (Wildman–Crippen LogP) is 2.54. The van der Waals surface area contributed by atoms with Crippen molar-refractivity contribution >= 4 is 5.97 Å². The van der Waals surface area contributed by atoms with E-state index >= 15 is 0 Å². The van der Waals surface area contributed by atoms with Crippen LogP contribution in [-0.2, 0) is 14.9 Å². The van der Waals surface area contributed by atoms with Crippen molar-refractivity contribution in [1.82, 2.24) is 0 Å². The monoisotopic (exact) mass is 222 g/mol. The van der Waals surface area contributed by atoms with Crippen molar-refractivity contribution in [1.29, 1.82) is 0 Å². The van der Waals surface area contributed by atoms with Gasteiger partial charge < -0.3 is 9.47 Å². The first kappa shape index (κ1) is 12.6. The molecule has 0 heterocycles. The average Bonchev–Trinajstić information content (AvgIpc) is 2.28. The summed E-state index contributed by atoms with van der Waals surface area (Å²) in [5.74, 6) is 0.624. The van der Waals surface area contributed by atoms with Crippen molar-refractivity contribution in [2.45, 2.75) is 25.7 Å². The minimum Gasteiger partial charge on any atom is -0.497 e. The highest BCUT2D eigenvalue weighted by molar-refractivity contribution is 5.71. The highest BCUT2D eigenvalue weighted by Crippen LogP contribution is 2.28. The summed E-state index contributed by atoms with van der Waals surface area (Å²) in [6.07, 6.45) is 0.371. The highest BCUT2D eigenvalue weighted by atomic mass is 16.5. The van der Waals surface area contributed by atoms with Gasteiger partial charge in [0.05, 0.1) is 20.6 Å². The molecular weight excluding hydrogens is 204 g/mol. The zero-order valence-corrected chi connectivity index (χ0v) is 10.2. The number of esters is 1. The Labute approximate surface area is 96.4 Å². The van der Waals surface area contributed by atoms with E-state index in [1.54, 1.807) is 7.11 Å². The summed E-state index contributed by atoms with van der Waals surface area (Å²) in [6.45, 7) is 4.04. The van der Waals surface area contributed by atoms with Crippen LogP contribution in [0, 0.1) is 0 Å². The van der Waals surface area contributed by atoms with E-state index < -0.39 is 0 Å². The van der Waals surface area contributed by atoms with Crippen LogP contribution in [-0.4, -0.2) is 20.2 Å². The zero-order valence-electron chi connectivity index (χ0n) is 10.2. The first-order valence-electron chi connectivity index (χ1n) is 5.21. The number of benzene rings is 1. The third kappa shape index (κ3) is 2.99. The Morgan fingerprint density at radius 2 is 1.75 bits per heavy atom. The topological polar surface area (TPSA) is 35.5 Å². The molecule has 1 aromatic rings. The molecule has 0 bridgehead atoms. The van der Waals surface area contributed by atoms with E-state index in [2.05, 4.69) is 4.74 Å². The second-order valence-electron chi connectivity index (χ2n) is 4.37. The molecular formula is C13H18O3. The minimum atomic E-state index is -0.223. The third-order valence-corrected chi connectivity index (χ3v) is 2.69. The van der Waals surface area contributed by atoms with Crippen LogP contribution in [0.1, 0.15) is 25.8 Å². The van der Waals surface area contributed by atoms with Gasteiger partial charge in [0.1, 0.15) is 5.75 Å². The molecule has 1 aromatic carbocycles. The van der Waals surface area contributed by atoms with Gasteiger partial charge in [-0.05, 0) is 17.7 Å². The van der Waals surface area contributed by atoms with E-state index in [4.69, 9.17) is 4.74 Å². The Kier molecular flexibility index (Phi) is 3.93. The van der Waals surface area contributed by atoms with E-state index in [0.29, 0.717) is 6.42 Å². The van der Waals surface area contributed by atoms with E-state index in [9.17, 15) is 4.79 Å². The van der Waals surface area contributed by atoms with Crippen LogP contribution in [0.15, 0.2) is 24.3 Å². The lowest BCUT2D eigenvalue weighted by molar-refractivity contribution is -0.141. The molecule has 0 aliphatic heterocycles. The summed E-state index contributed by atoms with van der Waals surface area (Å²) in [6, 6.07) is 7.74. The average molecular weight is 222 g/mol. The first-order valence-corrected chi connectivity index (χ1v) is 5.21. The molecule has 3 heteroatoms. The van der Waals surface area contributed by atoms with Crippen LogP contribution in [0.25, 0.3) is 0 Å². The first-order chi connectivity index (χ1) is 7.49. The van der Waals surface area contributed by atoms with Gasteiger partial charge in [-0.2, -0.15) is 0 Å². The van der Waals surface area contributed by atoms with Crippen LogP contribution in [0.4, 0.5) is 0 Å². The normalized spacial score (nSPS) is 11.0. The predicted molar refractivity (Wildman–Crippen MR) is 62.7 cm³/mol. The summed E-state index contributed by atoms with van der Waals surface area (Å²) in [5, 5.41) is 0. The molecule has 0 N–H and O–H groups in total. The lowest BCUT2D eigenvalue weighted by atomic mass is 9.81. The molecule has 0 fully saturated rings. The van der Waals surface area contributed by atoms with Crippen molar-refractivity contribution in [3.63, 3.8) is 0 Å². The van der Waals surface area contributed by atoms with Gasteiger partial charge in [-0.1, -0.05) is 26.0 Å². The Balaban J connectivity index is 2.84. The molecule has 88 valence electrons. The van der Waals surface area contributed by atoms with Gasteiger partial charge in [-0.3, -0.25) is 4.79 Å². The second-order valence-corrected chi connectivity index (χ2v) is 4.37. The van der Waals surface area contributed by atoms with E-state index in [0.717, 1.165) is 11.3 Å². The fourth-order valence-electron chi connectivity index (χ4n) is 1.58. The molecule has 0 amide bonds. The Morgan fingerprint density at radius 1 is 1.19 bits per heavy atom. The SMILES string of the molecule is COC(=O)CC(C)(C)c1ccc(OC)cc1. The van der Waals surface area contributed by atoms with E-state index in [1.165, 1.54) is 7.11 Å². The maximum Gasteiger partial charge on any atom is 0.306 e. The molecule has 0 saturated carbocycles. The Morgan fingerprint density at radius 3 is 2.19 bits per heavy atom. The molecule has 0 unspecified atom stereocenters. The molecule has 1 rings (SSSR count). The molecule has 0 spiro atoms. The standard InChI is InChI=1S/C13H18O3/c1-13(2,9-12(14)16-4)10-5-7-11(15-3)8-6-10/h5-8H,9H2,1-4H3. The molecule has 0 radical (unpaired) electrons. The number of rotatable bonds is 4.